The lowest BCUT2D eigenvalue weighted by Crippen LogP contribution is -2.35. The molecule has 1 fully saturated rings. The zero-order chi connectivity index (χ0) is 19.6. The Kier molecular flexibility index (Phi) is 4.68. The summed E-state index contributed by atoms with van der Waals surface area (Å²) < 4.78 is 10.9. The molecule has 0 saturated carbocycles. The number of aromatic nitrogens is 2. The lowest BCUT2D eigenvalue weighted by molar-refractivity contribution is 0.174. The Labute approximate surface area is 170 Å². The van der Waals surface area contributed by atoms with Crippen LogP contribution < -0.4 is 19.7 Å². The fourth-order valence-corrected chi connectivity index (χ4v) is 3.89. The standard InChI is InChI=1S/C23H24N4O2/c1-16-6-5-11-27(14-16)23-25-19(17-7-3-2-4-8-17)13-22(26-23)24-18-9-10-20-21(12-18)29-15-28-20/h2-4,7-10,12-13,16H,5-6,11,14-15H2,1H3,(H,24,25,26). The Hall–Kier alpha value is -3.28. The molecular weight excluding hydrogens is 364 g/mol. The summed E-state index contributed by atoms with van der Waals surface area (Å²) in [6.45, 7) is 4.54. The molecule has 2 aliphatic heterocycles. The van der Waals surface area contributed by atoms with Gasteiger partial charge in [0.15, 0.2) is 11.5 Å². The Balaban J connectivity index is 1.50. The van der Waals surface area contributed by atoms with E-state index in [-0.39, 0.29) is 6.79 Å². The van der Waals surface area contributed by atoms with Crippen molar-refractivity contribution >= 4 is 17.5 Å². The molecule has 1 saturated heterocycles. The van der Waals surface area contributed by atoms with Crippen LogP contribution in [0.5, 0.6) is 11.5 Å². The number of fused-ring (bicyclic) bond motifs is 1. The first kappa shape index (κ1) is 17.8. The number of benzene rings is 2. The highest BCUT2D eigenvalue weighted by Gasteiger charge is 2.20. The predicted molar refractivity (Wildman–Crippen MR) is 114 cm³/mol. The lowest BCUT2D eigenvalue weighted by atomic mass is 10.0. The molecule has 0 aliphatic carbocycles. The molecule has 5 rings (SSSR count). The highest BCUT2D eigenvalue weighted by molar-refractivity contribution is 5.69. The van der Waals surface area contributed by atoms with Gasteiger partial charge in [-0.15, -0.1) is 0 Å². The minimum absolute atomic E-state index is 0.266. The van der Waals surface area contributed by atoms with Crippen molar-refractivity contribution < 1.29 is 9.47 Å². The zero-order valence-electron chi connectivity index (χ0n) is 16.5. The topological polar surface area (TPSA) is 59.5 Å². The van der Waals surface area contributed by atoms with E-state index in [1.807, 2.05) is 42.5 Å². The van der Waals surface area contributed by atoms with Crippen LogP contribution in [0, 0.1) is 5.92 Å². The van der Waals surface area contributed by atoms with E-state index in [9.17, 15) is 0 Å². The highest BCUT2D eigenvalue weighted by atomic mass is 16.7. The molecule has 1 atom stereocenters. The molecule has 148 valence electrons. The van der Waals surface area contributed by atoms with Gasteiger partial charge in [-0.3, -0.25) is 0 Å². The summed E-state index contributed by atoms with van der Waals surface area (Å²) in [7, 11) is 0. The number of ether oxygens (including phenoxy) is 2. The van der Waals surface area contributed by atoms with Gasteiger partial charge in [-0.2, -0.15) is 4.98 Å². The fourth-order valence-electron chi connectivity index (χ4n) is 3.89. The average Bonchev–Trinajstić information content (AvgIpc) is 3.22. The van der Waals surface area contributed by atoms with Crippen molar-refractivity contribution in [1.82, 2.24) is 9.97 Å². The van der Waals surface area contributed by atoms with Crippen LogP contribution in [0.2, 0.25) is 0 Å². The maximum atomic E-state index is 5.50. The molecule has 2 aliphatic rings. The second-order valence-electron chi connectivity index (χ2n) is 7.69. The molecule has 0 radical (unpaired) electrons. The lowest BCUT2D eigenvalue weighted by Gasteiger charge is -2.31. The maximum Gasteiger partial charge on any atom is 0.231 e. The summed E-state index contributed by atoms with van der Waals surface area (Å²) in [6.07, 6.45) is 2.43. The number of hydrogen-bond donors (Lipinski definition) is 1. The third-order valence-corrected chi connectivity index (χ3v) is 5.37. The molecule has 0 spiro atoms. The second-order valence-corrected chi connectivity index (χ2v) is 7.69. The quantitative estimate of drug-likeness (QED) is 0.689. The van der Waals surface area contributed by atoms with Crippen LogP contribution >= 0.6 is 0 Å². The smallest absolute Gasteiger partial charge is 0.231 e. The van der Waals surface area contributed by atoms with Crippen molar-refractivity contribution in [2.75, 3.05) is 30.1 Å². The molecule has 0 bridgehead atoms. The van der Waals surface area contributed by atoms with Crippen LogP contribution in [0.25, 0.3) is 11.3 Å². The van der Waals surface area contributed by atoms with Crippen LogP contribution in [0.3, 0.4) is 0 Å². The van der Waals surface area contributed by atoms with Crippen molar-refractivity contribution in [3.8, 4) is 22.8 Å². The summed E-state index contributed by atoms with van der Waals surface area (Å²) in [5.74, 6) is 3.72. The van der Waals surface area contributed by atoms with E-state index in [1.54, 1.807) is 0 Å². The molecule has 6 heteroatoms. The summed E-state index contributed by atoms with van der Waals surface area (Å²) in [5.41, 5.74) is 2.90. The van der Waals surface area contributed by atoms with E-state index < -0.39 is 0 Å². The summed E-state index contributed by atoms with van der Waals surface area (Å²) in [6, 6.07) is 18.1. The number of rotatable bonds is 4. The third-order valence-electron chi connectivity index (χ3n) is 5.37. The molecular formula is C23H24N4O2. The first-order chi connectivity index (χ1) is 14.2. The van der Waals surface area contributed by atoms with Crippen LogP contribution in [-0.4, -0.2) is 29.9 Å². The molecule has 1 unspecified atom stereocenters. The van der Waals surface area contributed by atoms with Gasteiger partial charge in [0.2, 0.25) is 12.7 Å². The van der Waals surface area contributed by atoms with Gasteiger partial charge < -0.3 is 19.7 Å². The monoisotopic (exact) mass is 388 g/mol. The summed E-state index contributed by atoms with van der Waals surface area (Å²) in [5, 5.41) is 3.42. The Morgan fingerprint density at radius 3 is 2.72 bits per heavy atom. The van der Waals surface area contributed by atoms with Gasteiger partial charge in [-0.05, 0) is 30.9 Å². The first-order valence-electron chi connectivity index (χ1n) is 10.1. The molecule has 2 aromatic carbocycles. The van der Waals surface area contributed by atoms with Gasteiger partial charge in [-0.25, -0.2) is 4.98 Å². The Bertz CT molecular complexity index is 1010. The average molecular weight is 388 g/mol. The van der Waals surface area contributed by atoms with E-state index in [1.165, 1.54) is 12.8 Å². The predicted octanol–water partition coefficient (Wildman–Crippen LogP) is 4.85. The number of anilines is 3. The molecule has 1 N–H and O–H groups in total. The summed E-state index contributed by atoms with van der Waals surface area (Å²) in [4.78, 5) is 12.0. The Morgan fingerprint density at radius 2 is 1.86 bits per heavy atom. The number of hydrogen-bond acceptors (Lipinski definition) is 6. The minimum Gasteiger partial charge on any atom is -0.454 e. The van der Waals surface area contributed by atoms with Crippen molar-refractivity contribution in [3.63, 3.8) is 0 Å². The van der Waals surface area contributed by atoms with Gasteiger partial charge >= 0.3 is 0 Å². The first-order valence-corrected chi connectivity index (χ1v) is 10.1. The fraction of sp³-hybridized carbons (Fsp3) is 0.304. The third kappa shape index (κ3) is 3.83. The van der Waals surface area contributed by atoms with E-state index in [2.05, 4.69) is 29.3 Å². The van der Waals surface area contributed by atoms with Gasteiger partial charge in [0.25, 0.3) is 0 Å². The summed E-state index contributed by atoms with van der Waals surface area (Å²) >= 11 is 0. The molecule has 6 nitrogen and oxygen atoms in total. The van der Waals surface area contributed by atoms with E-state index in [4.69, 9.17) is 19.4 Å². The van der Waals surface area contributed by atoms with Gasteiger partial charge in [0, 0.05) is 36.5 Å². The molecule has 3 aromatic rings. The van der Waals surface area contributed by atoms with Gasteiger partial charge in [-0.1, -0.05) is 37.3 Å². The molecule has 3 heterocycles. The normalized spacial score (nSPS) is 18.0. The largest absolute Gasteiger partial charge is 0.454 e. The maximum absolute atomic E-state index is 5.50. The highest BCUT2D eigenvalue weighted by Crippen LogP contribution is 2.35. The van der Waals surface area contributed by atoms with Crippen LogP contribution in [0.1, 0.15) is 19.8 Å². The van der Waals surface area contributed by atoms with Gasteiger partial charge in [0.05, 0.1) is 5.69 Å². The molecule has 0 amide bonds. The number of piperidine rings is 1. The van der Waals surface area contributed by atoms with Crippen molar-refractivity contribution in [1.29, 1.82) is 0 Å². The molecule has 29 heavy (non-hydrogen) atoms. The van der Waals surface area contributed by atoms with Crippen LogP contribution in [0.4, 0.5) is 17.5 Å². The van der Waals surface area contributed by atoms with Crippen molar-refractivity contribution in [3.05, 3.63) is 54.6 Å². The Morgan fingerprint density at radius 1 is 1.00 bits per heavy atom. The number of nitrogens with one attached hydrogen (secondary N) is 1. The minimum atomic E-state index is 0.266. The number of nitrogens with zero attached hydrogens (tertiary/aromatic N) is 3. The van der Waals surface area contributed by atoms with E-state index in [0.717, 1.165) is 53.3 Å². The van der Waals surface area contributed by atoms with Crippen molar-refractivity contribution in [2.45, 2.75) is 19.8 Å². The van der Waals surface area contributed by atoms with Crippen LogP contribution in [0.15, 0.2) is 54.6 Å². The zero-order valence-corrected chi connectivity index (χ0v) is 16.5. The SMILES string of the molecule is CC1CCCN(c2nc(Nc3ccc4c(c3)OCO4)cc(-c3ccccc3)n2)C1. The van der Waals surface area contributed by atoms with Crippen LogP contribution in [-0.2, 0) is 0 Å². The van der Waals surface area contributed by atoms with Crippen molar-refractivity contribution in [2.24, 2.45) is 5.92 Å². The van der Waals surface area contributed by atoms with E-state index >= 15 is 0 Å². The van der Waals surface area contributed by atoms with Gasteiger partial charge in [0.1, 0.15) is 5.82 Å². The second kappa shape index (κ2) is 7.62. The molecule has 1 aromatic heterocycles. The van der Waals surface area contributed by atoms with E-state index in [0.29, 0.717) is 5.92 Å².